The van der Waals surface area contributed by atoms with Crippen molar-refractivity contribution in [3.63, 3.8) is 0 Å². The lowest BCUT2D eigenvalue weighted by molar-refractivity contribution is -0.996. The number of hydrogen-bond acceptors (Lipinski definition) is 6. The van der Waals surface area contributed by atoms with Crippen molar-refractivity contribution in [2.45, 2.75) is 44.3 Å². The van der Waals surface area contributed by atoms with Gasteiger partial charge in [0.1, 0.15) is 26.2 Å². The van der Waals surface area contributed by atoms with Crippen molar-refractivity contribution >= 4 is 0 Å². The number of hydrogen-bond donors (Lipinski definition) is 3. The minimum absolute atomic E-state index is 0.591. The molecule has 4 heterocycles. The van der Waals surface area contributed by atoms with Crippen LogP contribution in [0.25, 0.3) is 0 Å². The summed E-state index contributed by atoms with van der Waals surface area (Å²) in [5, 5.41) is 35.4. The molecule has 0 aliphatic carbocycles. The van der Waals surface area contributed by atoms with E-state index in [2.05, 4.69) is 12.1 Å². The SMILES string of the molecule is CC12C[N+]3(Cc4ccccc4)CC(C)(N1O)N(O)C(C)(C3)N2O. The largest absolute Gasteiger partial charge is 0.311 e. The summed E-state index contributed by atoms with van der Waals surface area (Å²) in [7, 11) is 0. The molecule has 0 saturated carbocycles. The Morgan fingerprint density at radius 3 is 1.61 bits per heavy atom. The second-order valence-corrected chi connectivity index (χ2v) is 8.05. The van der Waals surface area contributed by atoms with Crippen LogP contribution in [0.15, 0.2) is 30.3 Å². The smallest absolute Gasteiger partial charge is 0.171 e. The molecule has 126 valence electrons. The maximum Gasteiger partial charge on any atom is 0.171 e. The van der Waals surface area contributed by atoms with Crippen molar-refractivity contribution in [3.8, 4) is 0 Å². The molecule has 5 rings (SSSR count). The fourth-order valence-corrected chi connectivity index (χ4v) is 5.44. The van der Waals surface area contributed by atoms with Crippen LogP contribution in [-0.4, -0.2) is 71.9 Å². The fourth-order valence-electron chi connectivity index (χ4n) is 5.44. The van der Waals surface area contributed by atoms with Gasteiger partial charge in [-0.3, -0.25) is 0 Å². The van der Waals surface area contributed by atoms with E-state index in [1.165, 1.54) is 5.56 Å². The highest BCUT2D eigenvalue weighted by Gasteiger charge is 2.77. The lowest BCUT2D eigenvalue weighted by Crippen LogP contribution is -2.97. The molecule has 0 radical (unpaired) electrons. The minimum atomic E-state index is -0.936. The maximum atomic E-state index is 10.7. The first-order valence-corrected chi connectivity index (χ1v) is 8.03. The molecule has 3 N–H and O–H groups in total. The first-order chi connectivity index (χ1) is 10.7. The molecule has 4 aliphatic heterocycles. The summed E-state index contributed by atoms with van der Waals surface area (Å²) in [5.74, 6) is 0. The Morgan fingerprint density at radius 1 is 0.826 bits per heavy atom. The molecule has 4 fully saturated rings. The van der Waals surface area contributed by atoms with Crippen molar-refractivity contribution in [1.29, 1.82) is 0 Å². The molecule has 1 aromatic carbocycles. The molecule has 0 aromatic heterocycles. The van der Waals surface area contributed by atoms with Crippen LogP contribution in [0.3, 0.4) is 0 Å². The molecule has 4 bridgehead atoms. The molecule has 7 heteroatoms. The Morgan fingerprint density at radius 2 is 1.22 bits per heavy atom. The number of hydroxylamine groups is 6. The van der Waals surface area contributed by atoms with Gasteiger partial charge in [-0.05, 0) is 20.8 Å². The molecule has 4 saturated heterocycles. The van der Waals surface area contributed by atoms with E-state index < -0.39 is 17.0 Å². The third-order valence-corrected chi connectivity index (χ3v) is 6.00. The fraction of sp³-hybridized carbons (Fsp3) is 0.625. The molecule has 1 aromatic rings. The van der Waals surface area contributed by atoms with Gasteiger partial charge in [0.15, 0.2) is 17.0 Å². The van der Waals surface area contributed by atoms with Crippen molar-refractivity contribution in [2.24, 2.45) is 0 Å². The predicted molar refractivity (Wildman–Crippen MR) is 81.1 cm³/mol. The van der Waals surface area contributed by atoms with Crippen LogP contribution in [0.4, 0.5) is 0 Å². The van der Waals surface area contributed by atoms with E-state index in [1.807, 2.05) is 39.0 Å². The van der Waals surface area contributed by atoms with Crippen LogP contribution in [-0.2, 0) is 6.54 Å². The first kappa shape index (κ1) is 15.5. The second-order valence-electron chi connectivity index (χ2n) is 8.05. The molecule has 4 aliphatic rings. The lowest BCUT2D eigenvalue weighted by Gasteiger charge is -2.74. The van der Waals surface area contributed by atoms with Gasteiger partial charge in [0.25, 0.3) is 0 Å². The Hall–Kier alpha value is -1.06. The zero-order chi connectivity index (χ0) is 16.7. The quantitative estimate of drug-likeness (QED) is 0.713. The Balaban J connectivity index is 1.81. The van der Waals surface area contributed by atoms with Crippen LogP contribution in [0.1, 0.15) is 26.3 Å². The number of rotatable bonds is 2. The summed E-state index contributed by atoms with van der Waals surface area (Å²) in [5.41, 5.74) is -1.58. The summed E-state index contributed by atoms with van der Waals surface area (Å²) in [4.78, 5) is 0. The summed E-state index contributed by atoms with van der Waals surface area (Å²) in [6, 6.07) is 10.3. The van der Waals surface area contributed by atoms with Crippen LogP contribution >= 0.6 is 0 Å². The molecule has 0 atom stereocenters. The van der Waals surface area contributed by atoms with Crippen molar-refractivity contribution < 1.29 is 20.1 Å². The Bertz CT molecular complexity index is 570. The van der Waals surface area contributed by atoms with E-state index in [4.69, 9.17) is 0 Å². The zero-order valence-electron chi connectivity index (χ0n) is 13.8. The van der Waals surface area contributed by atoms with Crippen LogP contribution < -0.4 is 0 Å². The normalized spacial score (nSPS) is 47.4. The molecule has 0 unspecified atom stereocenters. The van der Waals surface area contributed by atoms with Crippen LogP contribution in [0.5, 0.6) is 0 Å². The average Bonchev–Trinajstić information content (AvgIpc) is 2.50. The van der Waals surface area contributed by atoms with Gasteiger partial charge in [0, 0.05) is 5.56 Å². The zero-order valence-corrected chi connectivity index (χ0v) is 13.8. The van der Waals surface area contributed by atoms with Gasteiger partial charge < -0.3 is 20.1 Å². The average molecular weight is 321 g/mol. The van der Waals surface area contributed by atoms with E-state index >= 15 is 0 Å². The van der Waals surface area contributed by atoms with Gasteiger partial charge in [-0.2, -0.15) is 0 Å². The van der Waals surface area contributed by atoms with E-state index in [1.54, 1.807) is 0 Å². The third-order valence-electron chi connectivity index (χ3n) is 6.00. The molecular formula is C16H25N4O3+. The van der Waals surface area contributed by atoms with E-state index in [-0.39, 0.29) is 0 Å². The Kier molecular flexibility index (Phi) is 2.90. The maximum absolute atomic E-state index is 10.7. The van der Waals surface area contributed by atoms with Crippen LogP contribution in [0, 0.1) is 0 Å². The van der Waals surface area contributed by atoms with Gasteiger partial charge in [-0.15, -0.1) is 15.2 Å². The Labute approximate surface area is 136 Å². The van der Waals surface area contributed by atoms with Gasteiger partial charge in [0.05, 0.1) is 0 Å². The first-order valence-electron chi connectivity index (χ1n) is 8.03. The number of nitrogens with zero attached hydrogens (tertiary/aromatic N) is 4. The molecule has 0 spiro atoms. The van der Waals surface area contributed by atoms with Gasteiger partial charge in [-0.1, -0.05) is 30.3 Å². The summed E-state index contributed by atoms with van der Waals surface area (Å²) < 4.78 is 0.721. The van der Waals surface area contributed by atoms with E-state index in [0.29, 0.717) is 19.6 Å². The third kappa shape index (κ3) is 1.73. The number of piperazine rings is 3. The standard InChI is InChI=1S/C16H25N4O3/c1-14-10-20(9-13-7-5-4-6-8-13)11-15(2,17(14)21)19(23)16(3,12-20)18(14)22/h4-8,21-23H,9-12H2,1-3H3/q+1. The highest BCUT2D eigenvalue weighted by atomic mass is 16.6. The monoisotopic (exact) mass is 321 g/mol. The van der Waals surface area contributed by atoms with Crippen LogP contribution in [0.2, 0.25) is 0 Å². The molecule has 23 heavy (non-hydrogen) atoms. The molecular weight excluding hydrogens is 296 g/mol. The highest BCUT2D eigenvalue weighted by molar-refractivity contribution is 5.15. The number of benzene rings is 1. The molecule has 7 nitrogen and oxygen atoms in total. The van der Waals surface area contributed by atoms with Crippen molar-refractivity contribution in [3.05, 3.63) is 35.9 Å². The summed E-state index contributed by atoms with van der Waals surface area (Å²) >= 11 is 0. The van der Waals surface area contributed by atoms with Gasteiger partial charge in [-0.25, -0.2) is 0 Å². The van der Waals surface area contributed by atoms with Crippen molar-refractivity contribution in [1.82, 2.24) is 15.2 Å². The second kappa shape index (κ2) is 4.31. The van der Waals surface area contributed by atoms with Crippen molar-refractivity contribution in [2.75, 3.05) is 19.6 Å². The topological polar surface area (TPSA) is 70.4 Å². The number of quaternary nitrogens is 1. The van der Waals surface area contributed by atoms with Gasteiger partial charge >= 0.3 is 0 Å². The predicted octanol–water partition coefficient (Wildman–Crippen LogP) is 1.27. The summed E-state index contributed by atoms with van der Waals surface area (Å²) in [6.45, 7) is 8.07. The van der Waals surface area contributed by atoms with E-state index in [0.717, 1.165) is 26.2 Å². The lowest BCUT2D eigenvalue weighted by atomic mass is 9.82. The van der Waals surface area contributed by atoms with Gasteiger partial charge in [0.2, 0.25) is 0 Å². The molecule has 0 amide bonds. The van der Waals surface area contributed by atoms with E-state index in [9.17, 15) is 15.6 Å². The minimum Gasteiger partial charge on any atom is -0.311 e. The highest BCUT2D eigenvalue weighted by Crippen LogP contribution is 2.53. The summed E-state index contributed by atoms with van der Waals surface area (Å²) in [6.07, 6.45) is 0.